The van der Waals surface area contributed by atoms with Crippen molar-refractivity contribution in [2.24, 2.45) is 12.8 Å². The number of aliphatic hydroxyl groups is 1. The summed E-state index contributed by atoms with van der Waals surface area (Å²) in [5.41, 5.74) is 8.46. The largest absolute Gasteiger partial charge is 0.447 e. The Balaban J connectivity index is 0.000000952. The second kappa shape index (κ2) is 24.2. The number of piperazine rings is 1. The molecule has 0 bridgehead atoms. The van der Waals surface area contributed by atoms with Crippen LogP contribution in [-0.2, 0) is 23.0 Å². The first kappa shape index (κ1) is 45.0. The van der Waals surface area contributed by atoms with E-state index in [-0.39, 0.29) is 12.2 Å². The molecule has 1 unspecified atom stereocenters. The maximum Gasteiger partial charge on any atom is 0.410 e. The second-order valence-electron chi connectivity index (χ2n) is 11.6. The number of benzene rings is 1. The van der Waals surface area contributed by atoms with Gasteiger partial charge in [-0.3, -0.25) is 4.79 Å². The average molecular weight is 699 g/mol. The van der Waals surface area contributed by atoms with Crippen LogP contribution in [0, 0.1) is 12.8 Å². The fourth-order valence-electron chi connectivity index (χ4n) is 4.61. The van der Waals surface area contributed by atoms with Crippen LogP contribution >= 0.6 is 11.6 Å². The van der Waals surface area contributed by atoms with E-state index in [9.17, 15) is 14.7 Å². The van der Waals surface area contributed by atoms with E-state index in [1.807, 2.05) is 64.4 Å². The van der Waals surface area contributed by atoms with E-state index >= 15 is 0 Å². The summed E-state index contributed by atoms with van der Waals surface area (Å²) in [4.78, 5) is 30.1. The Hall–Kier alpha value is -4.04. The van der Waals surface area contributed by atoms with Crippen molar-refractivity contribution in [1.29, 1.82) is 0 Å². The monoisotopic (exact) mass is 698 g/mol. The number of aryl methyl sites for hydroxylation is 2. The molecule has 10 nitrogen and oxygen atoms in total. The first-order chi connectivity index (χ1) is 23.3. The van der Waals surface area contributed by atoms with Crippen LogP contribution in [0.15, 0.2) is 61.2 Å². The van der Waals surface area contributed by atoms with E-state index in [4.69, 9.17) is 22.1 Å². The third-order valence-corrected chi connectivity index (χ3v) is 7.79. The Morgan fingerprint density at radius 2 is 1.86 bits per heavy atom. The molecule has 49 heavy (non-hydrogen) atoms. The fourth-order valence-corrected chi connectivity index (χ4v) is 4.79. The summed E-state index contributed by atoms with van der Waals surface area (Å²) in [6, 6.07) is 5.40. The van der Waals surface area contributed by atoms with Gasteiger partial charge in [0.05, 0.1) is 30.4 Å². The number of fused-ring (bicyclic) bond motifs is 1. The van der Waals surface area contributed by atoms with Crippen LogP contribution in [0.3, 0.4) is 0 Å². The van der Waals surface area contributed by atoms with E-state index in [1.54, 1.807) is 30.4 Å². The van der Waals surface area contributed by atoms with Gasteiger partial charge in [-0.2, -0.15) is 0 Å². The number of nitrogens with one attached hydrogen (secondary N) is 2. The number of ether oxygens (including phenoxy) is 1. The number of nitrogens with two attached hydrogens (primary N) is 1. The third kappa shape index (κ3) is 15.4. The number of carbonyl (C=O) groups excluding carboxylic acids is 2. The van der Waals surface area contributed by atoms with Crippen molar-refractivity contribution in [3.63, 3.8) is 0 Å². The van der Waals surface area contributed by atoms with Crippen molar-refractivity contribution < 1.29 is 19.4 Å². The molecular weight excluding hydrogens is 640 g/mol. The number of halogens is 1. The number of amides is 2. The van der Waals surface area contributed by atoms with Gasteiger partial charge in [0.15, 0.2) is 0 Å². The molecule has 5 N–H and O–H groups in total. The van der Waals surface area contributed by atoms with E-state index in [2.05, 4.69) is 41.1 Å². The molecule has 2 atom stereocenters. The summed E-state index contributed by atoms with van der Waals surface area (Å²) in [6.07, 6.45) is 19.4. The van der Waals surface area contributed by atoms with Crippen molar-refractivity contribution in [3.05, 3.63) is 83.1 Å². The molecule has 2 aromatic rings. The molecule has 1 fully saturated rings. The summed E-state index contributed by atoms with van der Waals surface area (Å²) in [5.74, 6) is -0.420. The molecule has 2 amide bonds. The molecule has 2 heterocycles. The molecule has 1 aromatic carbocycles. The highest BCUT2D eigenvalue weighted by atomic mass is 35.5. The summed E-state index contributed by atoms with van der Waals surface area (Å²) in [5, 5.41) is 17.4. The van der Waals surface area contributed by atoms with E-state index in [0.29, 0.717) is 11.4 Å². The molecule has 11 heteroatoms. The lowest BCUT2D eigenvalue weighted by molar-refractivity contribution is -0.138. The first-order valence-electron chi connectivity index (χ1n) is 16.8. The third-order valence-electron chi connectivity index (χ3n) is 7.56. The minimum atomic E-state index is -1.46. The number of hydrogen-bond acceptors (Lipinski definition) is 7. The van der Waals surface area contributed by atoms with Crippen LogP contribution in [0.2, 0.25) is 5.02 Å². The Morgan fingerprint density at radius 3 is 2.37 bits per heavy atom. The highest BCUT2D eigenvalue weighted by Crippen LogP contribution is 2.37. The molecule has 1 aliphatic heterocycles. The molecule has 2 aliphatic rings. The lowest BCUT2D eigenvalue weighted by Crippen LogP contribution is -2.47. The molecule has 0 radical (unpaired) electrons. The van der Waals surface area contributed by atoms with Crippen molar-refractivity contribution in [2.75, 3.05) is 26.2 Å². The van der Waals surface area contributed by atoms with Gasteiger partial charge in [0.1, 0.15) is 5.60 Å². The van der Waals surface area contributed by atoms with Gasteiger partial charge in [-0.15, -0.1) is 12.8 Å². The number of aromatic nitrogens is 2. The van der Waals surface area contributed by atoms with Crippen molar-refractivity contribution in [1.82, 2.24) is 25.1 Å². The average Bonchev–Trinajstić information content (AvgIpc) is 3.54. The lowest BCUT2D eigenvalue weighted by atomic mass is 9.86. The van der Waals surface area contributed by atoms with E-state index < -0.39 is 17.6 Å². The Kier molecular flexibility index (Phi) is 22.2. The summed E-state index contributed by atoms with van der Waals surface area (Å²) >= 11 is 6.34. The quantitative estimate of drug-likeness (QED) is 0.198. The van der Waals surface area contributed by atoms with Crippen molar-refractivity contribution in [2.45, 2.75) is 91.9 Å². The molecule has 1 aliphatic carbocycles. The molecule has 0 spiro atoms. The van der Waals surface area contributed by atoms with E-state index in [0.717, 1.165) is 73.4 Å². The Bertz CT molecular complexity index is 1370. The summed E-state index contributed by atoms with van der Waals surface area (Å²) in [7, 11) is 1.89. The van der Waals surface area contributed by atoms with Gasteiger partial charge < -0.3 is 35.7 Å². The highest BCUT2D eigenvalue weighted by Gasteiger charge is 2.33. The van der Waals surface area contributed by atoms with Crippen LogP contribution in [0.5, 0.6) is 0 Å². The number of carbonyl (C=O) groups is 2. The molecular formula is C38H59ClN6O4. The normalized spacial score (nSPS) is 16.7. The van der Waals surface area contributed by atoms with Gasteiger partial charge in [-0.05, 0) is 88.4 Å². The zero-order chi connectivity index (χ0) is 37.6. The molecule has 4 rings (SSSR count). The van der Waals surface area contributed by atoms with E-state index in [1.165, 1.54) is 13.1 Å². The number of hydrogen-bond donors (Lipinski definition) is 4. The van der Waals surface area contributed by atoms with Crippen LogP contribution in [0.4, 0.5) is 4.79 Å². The zero-order valence-electron chi connectivity index (χ0n) is 30.8. The number of terminal acetylenes is 1. The number of nitrogens with zero attached hydrogens (tertiary/aromatic N) is 3. The van der Waals surface area contributed by atoms with Crippen LogP contribution < -0.4 is 16.4 Å². The molecule has 1 saturated heterocycles. The zero-order valence-corrected chi connectivity index (χ0v) is 31.5. The number of rotatable bonds is 6. The lowest BCUT2D eigenvalue weighted by Gasteiger charge is -2.29. The summed E-state index contributed by atoms with van der Waals surface area (Å²) < 4.78 is 6.93. The summed E-state index contributed by atoms with van der Waals surface area (Å²) in [6.45, 7) is 20.3. The minimum absolute atomic E-state index is 0.0209. The van der Waals surface area contributed by atoms with Crippen LogP contribution in [0.25, 0.3) is 5.57 Å². The van der Waals surface area contributed by atoms with Gasteiger partial charge in [0, 0.05) is 38.2 Å². The second-order valence-corrected chi connectivity index (χ2v) is 12.0. The standard InChI is InChI=1S/C23H28ClN3O2.C8H16N2O2.C3H7N.C2H6.C2H2/c1-5-23(3,29)22(28)26-21(20-13-25-14-27(20)4)18-11-7-15(2)6-8-16-9-10-17(24)12-19(16)18;1-7(2)12-8(11)10-5-3-9-4-6-10;1-2-3-4;2*1-2/h9-14,21,29H,2,5-8H2,1,3-4H3,(H,26,28);7,9H,3-6H2,1-2H3;2-3H,4H2,1H3;1-2H3;1-2H/b18-11+;;3-2-;;/t21-,23?;;;;/m1..../s1. The Morgan fingerprint density at radius 1 is 1.24 bits per heavy atom. The SMILES string of the molecule is C#C.C/C=C\N.C=C1C/C=C(/[C@@H](NC(=O)C(C)(O)CC)c2cncn2C)c2cc(Cl)ccc2CC1.CC.CC(C)OC(=O)N1CCNCC1. The fraction of sp³-hybridized carbons (Fsp3) is 0.500. The smallest absolute Gasteiger partial charge is 0.410 e. The minimum Gasteiger partial charge on any atom is -0.447 e. The first-order valence-corrected chi connectivity index (χ1v) is 17.2. The van der Waals surface area contributed by atoms with Crippen LogP contribution in [-0.4, -0.2) is 69.4 Å². The van der Waals surface area contributed by atoms with Gasteiger partial charge in [0.25, 0.3) is 5.91 Å². The van der Waals surface area contributed by atoms with Gasteiger partial charge in [0.2, 0.25) is 0 Å². The Labute approximate surface area is 299 Å². The highest BCUT2D eigenvalue weighted by molar-refractivity contribution is 6.30. The van der Waals surface area contributed by atoms with Crippen LogP contribution in [0.1, 0.15) is 90.6 Å². The predicted molar refractivity (Wildman–Crippen MR) is 203 cm³/mol. The van der Waals surface area contributed by atoms with Gasteiger partial charge in [-0.1, -0.05) is 62.7 Å². The topological polar surface area (TPSA) is 135 Å². The molecule has 0 saturated carbocycles. The maximum absolute atomic E-state index is 12.9. The molecule has 1 aromatic heterocycles. The van der Waals surface area contributed by atoms with Crippen molar-refractivity contribution in [3.8, 4) is 12.8 Å². The van der Waals surface area contributed by atoms with Crippen molar-refractivity contribution >= 4 is 29.2 Å². The van der Waals surface area contributed by atoms with Gasteiger partial charge in [-0.25, -0.2) is 9.78 Å². The molecule has 272 valence electrons. The number of allylic oxidation sites excluding steroid dienone is 3. The maximum atomic E-state index is 12.9. The predicted octanol–water partition coefficient (Wildman–Crippen LogP) is 6.56. The van der Waals surface area contributed by atoms with Gasteiger partial charge >= 0.3 is 6.09 Å². The number of imidazole rings is 1.